The topological polar surface area (TPSA) is 120 Å². The maximum atomic E-state index is 11.2. The summed E-state index contributed by atoms with van der Waals surface area (Å²) in [4.78, 5) is 24.7. The molecule has 18 heavy (non-hydrogen) atoms. The van der Waals surface area contributed by atoms with Crippen LogP contribution in [0, 0.1) is 10.1 Å². The van der Waals surface area contributed by atoms with Crippen molar-refractivity contribution >= 4 is 12.0 Å². The van der Waals surface area contributed by atoms with E-state index in [4.69, 9.17) is 9.84 Å². The molecule has 0 saturated carbocycles. The summed E-state index contributed by atoms with van der Waals surface area (Å²) in [5, 5.41) is 21.5. The fourth-order valence-electron chi connectivity index (χ4n) is 1.20. The number of alkyl carbamates (subject to hydrolysis) is 1. The SMILES string of the molecule is Cn1c(COC(=O)NCCCO)cnc1[N+](=O)[O-]. The number of nitro groups is 1. The van der Waals surface area contributed by atoms with Crippen LogP contribution in [0.15, 0.2) is 6.20 Å². The standard InChI is InChI=1S/C9H14N4O5/c1-12-7(5-11-8(12)13(16)17)6-18-9(15)10-3-2-4-14/h5,14H,2-4,6H2,1H3,(H,10,15). The Labute approximate surface area is 103 Å². The molecule has 2 N–H and O–H groups in total. The summed E-state index contributed by atoms with van der Waals surface area (Å²) in [5.41, 5.74) is 0.416. The van der Waals surface area contributed by atoms with E-state index in [2.05, 4.69) is 10.3 Å². The Morgan fingerprint density at radius 3 is 3.00 bits per heavy atom. The third-order valence-corrected chi connectivity index (χ3v) is 2.18. The van der Waals surface area contributed by atoms with Crippen LogP contribution < -0.4 is 5.32 Å². The first-order valence-electron chi connectivity index (χ1n) is 5.22. The molecule has 100 valence electrons. The van der Waals surface area contributed by atoms with Crippen molar-refractivity contribution in [2.45, 2.75) is 13.0 Å². The van der Waals surface area contributed by atoms with E-state index in [0.29, 0.717) is 18.7 Å². The molecular weight excluding hydrogens is 244 g/mol. The molecular formula is C9H14N4O5. The van der Waals surface area contributed by atoms with E-state index in [1.54, 1.807) is 0 Å². The van der Waals surface area contributed by atoms with Crippen molar-refractivity contribution in [2.75, 3.05) is 13.2 Å². The highest BCUT2D eigenvalue weighted by Crippen LogP contribution is 2.11. The van der Waals surface area contributed by atoms with Crippen LogP contribution in [-0.4, -0.2) is 38.8 Å². The summed E-state index contributed by atoms with van der Waals surface area (Å²) in [6, 6.07) is 0. The fourth-order valence-corrected chi connectivity index (χ4v) is 1.20. The van der Waals surface area contributed by atoms with Gasteiger partial charge in [-0.3, -0.25) is 0 Å². The molecule has 1 heterocycles. The molecule has 0 atom stereocenters. The predicted octanol–water partition coefficient (Wildman–Crippen LogP) is -0.0631. The van der Waals surface area contributed by atoms with Crippen molar-refractivity contribution in [3.63, 3.8) is 0 Å². The van der Waals surface area contributed by atoms with Gasteiger partial charge in [0.1, 0.15) is 6.20 Å². The Hall–Kier alpha value is -2.16. The number of aromatic nitrogens is 2. The molecule has 0 fully saturated rings. The van der Waals surface area contributed by atoms with Crippen molar-refractivity contribution in [1.82, 2.24) is 14.9 Å². The number of hydrogen-bond acceptors (Lipinski definition) is 6. The molecule has 0 aliphatic rings. The normalized spacial score (nSPS) is 10.1. The summed E-state index contributed by atoms with van der Waals surface area (Å²) < 4.78 is 6.07. The Morgan fingerprint density at radius 1 is 1.72 bits per heavy atom. The average Bonchev–Trinajstić information content (AvgIpc) is 2.68. The summed E-state index contributed by atoms with van der Waals surface area (Å²) in [5.74, 6) is -0.311. The first-order valence-corrected chi connectivity index (χ1v) is 5.22. The van der Waals surface area contributed by atoms with Crippen LogP contribution in [0.2, 0.25) is 0 Å². The highest BCUT2D eigenvalue weighted by atomic mass is 16.6. The average molecular weight is 258 g/mol. The van der Waals surface area contributed by atoms with Gasteiger partial charge in [-0.15, -0.1) is 0 Å². The molecule has 9 nitrogen and oxygen atoms in total. The fraction of sp³-hybridized carbons (Fsp3) is 0.556. The van der Waals surface area contributed by atoms with E-state index in [0.717, 1.165) is 0 Å². The lowest BCUT2D eigenvalue weighted by Crippen LogP contribution is -2.26. The molecule has 1 aromatic heterocycles. The summed E-state index contributed by atoms with van der Waals surface area (Å²) in [6.07, 6.45) is 1.07. The van der Waals surface area contributed by atoms with E-state index < -0.39 is 11.0 Å². The number of imidazole rings is 1. The molecule has 0 bridgehead atoms. The second-order valence-corrected chi connectivity index (χ2v) is 3.45. The zero-order valence-electron chi connectivity index (χ0n) is 9.83. The number of nitrogens with one attached hydrogen (secondary N) is 1. The Morgan fingerprint density at radius 2 is 2.44 bits per heavy atom. The number of amides is 1. The molecule has 1 aromatic rings. The van der Waals surface area contributed by atoms with E-state index in [1.807, 2.05) is 0 Å². The van der Waals surface area contributed by atoms with E-state index in [9.17, 15) is 14.9 Å². The predicted molar refractivity (Wildman–Crippen MR) is 59.8 cm³/mol. The van der Waals surface area contributed by atoms with Crippen molar-refractivity contribution in [3.8, 4) is 0 Å². The van der Waals surface area contributed by atoms with Gasteiger partial charge in [0.25, 0.3) is 0 Å². The third-order valence-electron chi connectivity index (χ3n) is 2.18. The minimum absolute atomic E-state index is 0.0196. The number of ether oxygens (including phenoxy) is 1. The minimum Gasteiger partial charge on any atom is -0.441 e. The number of aliphatic hydroxyl groups is 1. The molecule has 1 amide bonds. The quantitative estimate of drug-likeness (QED) is 0.419. The zero-order valence-corrected chi connectivity index (χ0v) is 9.83. The van der Waals surface area contributed by atoms with Gasteiger partial charge in [-0.25, -0.2) is 9.36 Å². The van der Waals surface area contributed by atoms with E-state index >= 15 is 0 Å². The lowest BCUT2D eigenvalue weighted by atomic mass is 10.4. The van der Waals surface area contributed by atoms with E-state index in [1.165, 1.54) is 17.8 Å². The van der Waals surface area contributed by atoms with Gasteiger partial charge >= 0.3 is 12.0 Å². The number of rotatable bonds is 6. The van der Waals surface area contributed by atoms with Gasteiger partial charge in [0.05, 0.1) is 7.05 Å². The Kier molecular flexibility index (Phi) is 5.06. The van der Waals surface area contributed by atoms with E-state index in [-0.39, 0.29) is 19.2 Å². The van der Waals surface area contributed by atoms with Crippen molar-refractivity contribution in [2.24, 2.45) is 7.05 Å². The lowest BCUT2D eigenvalue weighted by molar-refractivity contribution is -0.396. The smallest absolute Gasteiger partial charge is 0.434 e. The largest absolute Gasteiger partial charge is 0.441 e. The number of carbonyl (C=O) groups is 1. The molecule has 0 spiro atoms. The third kappa shape index (κ3) is 3.70. The molecule has 0 unspecified atom stereocenters. The second-order valence-electron chi connectivity index (χ2n) is 3.45. The van der Waals surface area contributed by atoms with Crippen LogP contribution in [0.4, 0.5) is 10.7 Å². The minimum atomic E-state index is -0.646. The highest BCUT2D eigenvalue weighted by molar-refractivity contribution is 5.67. The molecule has 0 aliphatic heterocycles. The number of aliphatic hydroxyl groups excluding tert-OH is 1. The highest BCUT2D eigenvalue weighted by Gasteiger charge is 2.18. The summed E-state index contributed by atoms with van der Waals surface area (Å²) >= 11 is 0. The summed E-state index contributed by atoms with van der Waals surface area (Å²) in [6.45, 7) is 0.178. The summed E-state index contributed by atoms with van der Waals surface area (Å²) in [7, 11) is 1.47. The lowest BCUT2D eigenvalue weighted by Gasteiger charge is -2.05. The van der Waals surface area contributed by atoms with Crippen molar-refractivity contribution < 1.29 is 19.6 Å². The Balaban J connectivity index is 2.44. The van der Waals surface area contributed by atoms with Gasteiger partial charge in [0, 0.05) is 13.2 Å². The molecule has 0 aromatic carbocycles. The van der Waals surface area contributed by atoms with Crippen LogP contribution in [0.1, 0.15) is 12.1 Å². The van der Waals surface area contributed by atoms with Gasteiger partial charge in [-0.2, -0.15) is 0 Å². The number of hydrogen-bond donors (Lipinski definition) is 2. The monoisotopic (exact) mass is 258 g/mol. The van der Waals surface area contributed by atoms with Crippen LogP contribution in [0.3, 0.4) is 0 Å². The van der Waals surface area contributed by atoms with Crippen LogP contribution in [-0.2, 0) is 18.4 Å². The van der Waals surface area contributed by atoms with Gasteiger partial charge in [0.15, 0.2) is 12.3 Å². The molecule has 0 saturated heterocycles. The Bertz CT molecular complexity index is 431. The van der Waals surface area contributed by atoms with Crippen LogP contribution >= 0.6 is 0 Å². The molecule has 1 rings (SSSR count). The first-order chi connectivity index (χ1) is 8.56. The first kappa shape index (κ1) is 13.9. The maximum absolute atomic E-state index is 11.2. The molecule has 0 aliphatic carbocycles. The molecule has 0 radical (unpaired) electrons. The van der Waals surface area contributed by atoms with Gasteiger partial charge in [0.2, 0.25) is 0 Å². The molecule has 9 heteroatoms. The van der Waals surface area contributed by atoms with Crippen LogP contribution in [0.5, 0.6) is 0 Å². The second kappa shape index (κ2) is 6.55. The zero-order chi connectivity index (χ0) is 13.5. The number of nitrogens with zero attached hydrogens (tertiary/aromatic N) is 3. The number of carbonyl (C=O) groups excluding carboxylic acids is 1. The van der Waals surface area contributed by atoms with Gasteiger partial charge in [-0.1, -0.05) is 4.98 Å². The maximum Gasteiger partial charge on any atom is 0.434 e. The van der Waals surface area contributed by atoms with Gasteiger partial charge < -0.3 is 25.3 Å². The van der Waals surface area contributed by atoms with Gasteiger partial charge in [-0.05, 0) is 11.3 Å². The van der Waals surface area contributed by atoms with Crippen molar-refractivity contribution in [3.05, 3.63) is 22.0 Å². The van der Waals surface area contributed by atoms with Crippen LogP contribution in [0.25, 0.3) is 0 Å². The van der Waals surface area contributed by atoms with Crippen molar-refractivity contribution in [1.29, 1.82) is 0 Å².